The molecule has 6 nitrogen and oxygen atoms in total. The largest absolute Gasteiger partial charge is 0.467 e. The molecule has 3 aromatic rings. The van der Waals surface area contributed by atoms with E-state index in [4.69, 9.17) is 4.74 Å². The number of carbonyl (C=O) groups is 2. The minimum Gasteiger partial charge on any atom is -0.467 e. The molecule has 0 fully saturated rings. The molecule has 1 atom stereocenters. The first-order chi connectivity index (χ1) is 12.9. The number of aromatic amines is 1. The summed E-state index contributed by atoms with van der Waals surface area (Å²) in [7, 11) is 1.30. The molecule has 0 radical (unpaired) electrons. The van der Waals surface area contributed by atoms with Crippen molar-refractivity contribution in [3.63, 3.8) is 0 Å². The summed E-state index contributed by atoms with van der Waals surface area (Å²) in [5.41, 5.74) is 1.57. The van der Waals surface area contributed by atoms with Crippen LogP contribution in [0.3, 0.4) is 0 Å². The number of methoxy groups -OCH3 is 1. The molecule has 27 heavy (non-hydrogen) atoms. The van der Waals surface area contributed by atoms with E-state index >= 15 is 0 Å². The lowest BCUT2D eigenvalue weighted by molar-refractivity contribution is -0.142. The smallest absolute Gasteiger partial charge is 0.328 e. The SMILES string of the molecule is COC(=O)C(CCSC)NC(=O)c1cc2c(=O)[nH]c3ccc(C)cc3c2s1. The standard InChI is InChI=1S/C19H20N2O4S2/c1-10-4-5-13-11(8-10)16-12(17(22)20-13)9-15(27-16)18(23)21-14(6-7-26-3)19(24)25-2/h4-5,8-9,14H,6-7H2,1-3H3,(H,20,22)(H,21,23). The highest BCUT2D eigenvalue weighted by atomic mass is 32.2. The fourth-order valence-corrected chi connectivity index (χ4v) is 4.43. The first kappa shape index (κ1) is 19.4. The Balaban J connectivity index is 1.98. The number of carbonyl (C=O) groups excluding carboxylic acids is 2. The predicted octanol–water partition coefficient (Wildman–Crippen LogP) is 3.08. The van der Waals surface area contributed by atoms with Crippen LogP contribution in [-0.2, 0) is 9.53 Å². The second-order valence-electron chi connectivity index (χ2n) is 6.19. The normalized spacial score (nSPS) is 12.3. The van der Waals surface area contributed by atoms with Gasteiger partial charge in [-0.15, -0.1) is 11.3 Å². The molecule has 2 N–H and O–H groups in total. The molecule has 3 rings (SSSR count). The summed E-state index contributed by atoms with van der Waals surface area (Å²) in [6, 6.07) is 6.65. The number of nitrogens with one attached hydrogen (secondary N) is 2. The number of thiophene rings is 1. The predicted molar refractivity (Wildman–Crippen MR) is 111 cm³/mol. The molecule has 1 amide bonds. The van der Waals surface area contributed by atoms with Crippen LogP contribution in [-0.4, -0.2) is 42.0 Å². The number of aromatic nitrogens is 1. The third-order valence-electron chi connectivity index (χ3n) is 4.27. The molecule has 0 bridgehead atoms. The van der Waals surface area contributed by atoms with E-state index in [-0.39, 0.29) is 11.5 Å². The van der Waals surface area contributed by atoms with Gasteiger partial charge >= 0.3 is 5.97 Å². The topological polar surface area (TPSA) is 88.3 Å². The molecule has 2 heterocycles. The van der Waals surface area contributed by atoms with Crippen molar-refractivity contribution in [1.82, 2.24) is 10.3 Å². The highest BCUT2D eigenvalue weighted by Gasteiger charge is 2.23. The molecule has 0 aliphatic carbocycles. The maximum Gasteiger partial charge on any atom is 0.328 e. The van der Waals surface area contributed by atoms with Crippen molar-refractivity contribution >= 4 is 56.0 Å². The van der Waals surface area contributed by atoms with Crippen molar-refractivity contribution in [3.8, 4) is 0 Å². The Bertz CT molecular complexity index is 1070. The van der Waals surface area contributed by atoms with Crippen molar-refractivity contribution in [2.75, 3.05) is 19.1 Å². The molecule has 8 heteroatoms. The minimum atomic E-state index is -0.711. The number of hydrogen-bond donors (Lipinski definition) is 2. The summed E-state index contributed by atoms with van der Waals surface area (Å²) >= 11 is 2.84. The summed E-state index contributed by atoms with van der Waals surface area (Å²) in [6.07, 6.45) is 2.41. The number of H-pyrrole nitrogens is 1. The molecule has 1 unspecified atom stereocenters. The molecule has 0 aliphatic heterocycles. The fourth-order valence-electron chi connectivity index (χ4n) is 2.87. The maximum atomic E-state index is 12.7. The van der Waals surface area contributed by atoms with Gasteiger partial charge in [0.2, 0.25) is 0 Å². The number of ether oxygens (including phenoxy) is 1. The molecule has 0 spiro atoms. The highest BCUT2D eigenvalue weighted by Crippen LogP contribution is 2.30. The monoisotopic (exact) mass is 404 g/mol. The van der Waals surface area contributed by atoms with Crippen LogP contribution in [0.1, 0.15) is 21.7 Å². The summed E-state index contributed by atoms with van der Waals surface area (Å²) < 4.78 is 5.55. The Morgan fingerprint density at radius 3 is 2.78 bits per heavy atom. The van der Waals surface area contributed by atoms with Crippen LogP contribution in [0, 0.1) is 6.92 Å². The third-order valence-corrected chi connectivity index (χ3v) is 6.08. The van der Waals surface area contributed by atoms with Crippen molar-refractivity contribution in [1.29, 1.82) is 0 Å². The lowest BCUT2D eigenvalue weighted by atomic mass is 10.1. The van der Waals surface area contributed by atoms with Gasteiger partial charge in [0.25, 0.3) is 11.5 Å². The minimum absolute atomic E-state index is 0.233. The summed E-state index contributed by atoms with van der Waals surface area (Å²) in [6.45, 7) is 1.98. The van der Waals surface area contributed by atoms with Crippen LogP contribution < -0.4 is 10.9 Å². The fraction of sp³-hybridized carbons (Fsp3) is 0.316. The Hall–Kier alpha value is -2.32. The molecular formula is C19H20N2O4S2. The number of benzene rings is 1. The summed E-state index contributed by atoms with van der Waals surface area (Å²) in [5, 5.41) is 4.11. The van der Waals surface area contributed by atoms with E-state index in [1.807, 2.05) is 31.4 Å². The van der Waals surface area contributed by atoms with Crippen molar-refractivity contribution < 1.29 is 14.3 Å². The van der Waals surface area contributed by atoms with Crippen LogP contribution in [0.25, 0.3) is 21.0 Å². The Kier molecular flexibility index (Phi) is 5.86. The molecule has 1 aromatic carbocycles. The van der Waals surface area contributed by atoms with E-state index in [0.29, 0.717) is 16.7 Å². The van der Waals surface area contributed by atoms with Crippen LogP contribution in [0.15, 0.2) is 29.1 Å². The van der Waals surface area contributed by atoms with E-state index in [2.05, 4.69) is 10.3 Å². The second kappa shape index (κ2) is 8.14. The molecule has 142 valence electrons. The average Bonchev–Trinajstić information content (AvgIpc) is 3.11. The van der Waals surface area contributed by atoms with Crippen LogP contribution in [0.5, 0.6) is 0 Å². The van der Waals surface area contributed by atoms with E-state index in [1.54, 1.807) is 17.8 Å². The zero-order valence-corrected chi connectivity index (χ0v) is 16.9. The molecular weight excluding hydrogens is 384 g/mol. The summed E-state index contributed by atoms with van der Waals surface area (Å²) in [5.74, 6) is -0.138. The van der Waals surface area contributed by atoms with Crippen LogP contribution >= 0.6 is 23.1 Å². The Morgan fingerprint density at radius 2 is 2.07 bits per heavy atom. The average molecular weight is 405 g/mol. The Labute approximate surface area is 164 Å². The number of rotatable bonds is 6. The van der Waals surface area contributed by atoms with Crippen LogP contribution in [0.2, 0.25) is 0 Å². The van der Waals surface area contributed by atoms with E-state index in [1.165, 1.54) is 18.4 Å². The van der Waals surface area contributed by atoms with Gasteiger partial charge in [-0.3, -0.25) is 9.59 Å². The number of hydrogen-bond acceptors (Lipinski definition) is 6. The molecule has 2 aromatic heterocycles. The van der Waals surface area contributed by atoms with Gasteiger partial charge in [-0.25, -0.2) is 4.79 Å². The lowest BCUT2D eigenvalue weighted by Crippen LogP contribution is -2.41. The summed E-state index contributed by atoms with van der Waals surface area (Å²) in [4.78, 5) is 40.2. The van der Waals surface area contributed by atoms with Gasteiger partial charge in [-0.2, -0.15) is 11.8 Å². The van der Waals surface area contributed by atoms with Gasteiger partial charge in [0.05, 0.1) is 17.4 Å². The molecule has 0 saturated heterocycles. The van der Waals surface area contributed by atoms with Gasteiger partial charge < -0.3 is 15.0 Å². The third kappa shape index (κ3) is 4.01. The van der Waals surface area contributed by atoms with Gasteiger partial charge in [-0.05, 0) is 43.6 Å². The lowest BCUT2D eigenvalue weighted by Gasteiger charge is -2.15. The zero-order valence-electron chi connectivity index (χ0n) is 15.3. The maximum absolute atomic E-state index is 12.7. The first-order valence-corrected chi connectivity index (χ1v) is 10.6. The number of esters is 1. The number of thioether (sulfide) groups is 1. The van der Waals surface area contributed by atoms with Gasteiger partial charge in [0.1, 0.15) is 6.04 Å². The highest BCUT2D eigenvalue weighted by molar-refractivity contribution is 7.98. The quantitative estimate of drug-likeness (QED) is 0.617. The van der Waals surface area contributed by atoms with E-state index in [9.17, 15) is 14.4 Å². The van der Waals surface area contributed by atoms with Gasteiger partial charge in [0, 0.05) is 15.6 Å². The number of aryl methyl sites for hydroxylation is 1. The number of amides is 1. The Morgan fingerprint density at radius 1 is 1.30 bits per heavy atom. The molecule has 0 aliphatic rings. The van der Waals surface area contributed by atoms with E-state index < -0.39 is 12.0 Å². The van der Waals surface area contributed by atoms with Crippen molar-refractivity contribution in [3.05, 3.63) is 45.1 Å². The van der Waals surface area contributed by atoms with Crippen LogP contribution in [0.4, 0.5) is 0 Å². The first-order valence-electron chi connectivity index (χ1n) is 8.38. The van der Waals surface area contributed by atoms with Gasteiger partial charge in [0.15, 0.2) is 0 Å². The number of fused-ring (bicyclic) bond motifs is 3. The van der Waals surface area contributed by atoms with Crippen molar-refractivity contribution in [2.24, 2.45) is 0 Å². The van der Waals surface area contributed by atoms with Crippen molar-refractivity contribution in [2.45, 2.75) is 19.4 Å². The zero-order chi connectivity index (χ0) is 19.6. The van der Waals surface area contributed by atoms with Gasteiger partial charge in [-0.1, -0.05) is 11.6 Å². The van der Waals surface area contributed by atoms with E-state index in [0.717, 1.165) is 26.9 Å². The number of pyridine rings is 1. The second-order valence-corrected chi connectivity index (χ2v) is 8.23. The molecule has 0 saturated carbocycles.